The molecule has 0 fully saturated rings. The molecule has 0 aliphatic rings. The predicted octanol–water partition coefficient (Wildman–Crippen LogP) is 2.23. The van der Waals surface area contributed by atoms with Crippen molar-refractivity contribution < 1.29 is 9.94 Å². The van der Waals surface area contributed by atoms with Gasteiger partial charge in [-0.15, -0.1) is 0 Å². The van der Waals surface area contributed by atoms with E-state index in [2.05, 4.69) is 16.3 Å². The molecule has 1 aromatic carbocycles. The molecule has 6 nitrogen and oxygen atoms in total. The largest absolute Gasteiger partial charge is 0.438 e. The van der Waals surface area contributed by atoms with Crippen LogP contribution in [0.1, 0.15) is 22.4 Å². The highest BCUT2D eigenvalue weighted by Gasteiger charge is 2.19. The number of hydrogen-bond acceptors (Lipinski definition) is 4. The zero-order valence-electron chi connectivity index (χ0n) is 12.0. The standard InChI is InChI=1S/C14H18N4O2/c1-8-5-9(2)7-11(6-8)20-14-12(13(15)17-19)10(3)16-18(14)4/h5-7,19H,1-4H3,(H2,15,17). The van der Waals surface area contributed by atoms with Crippen molar-refractivity contribution in [1.29, 1.82) is 0 Å². The maximum absolute atomic E-state index is 8.87. The highest BCUT2D eigenvalue weighted by Crippen LogP contribution is 2.28. The zero-order chi connectivity index (χ0) is 14.9. The van der Waals surface area contributed by atoms with Crippen LogP contribution in [0.2, 0.25) is 0 Å². The number of aromatic nitrogens is 2. The molecule has 0 spiro atoms. The third-order valence-electron chi connectivity index (χ3n) is 2.94. The van der Waals surface area contributed by atoms with E-state index >= 15 is 0 Å². The maximum Gasteiger partial charge on any atom is 0.229 e. The van der Waals surface area contributed by atoms with Crippen molar-refractivity contribution in [2.24, 2.45) is 17.9 Å². The fraction of sp³-hybridized carbons (Fsp3) is 0.286. The maximum atomic E-state index is 8.87. The minimum absolute atomic E-state index is 0.0185. The lowest BCUT2D eigenvalue weighted by Crippen LogP contribution is -2.15. The van der Waals surface area contributed by atoms with Gasteiger partial charge in [-0.2, -0.15) is 5.10 Å². The summed E-state index contributed by atoms with van der Waals surface area (Å²) in [6.07, 6.45) is 0. The van der Waals surface area contributed by atoms with Gasteiger partial charge in [0.05, 0.1) is 5.69 Å². The number of nitrogens with two attached hydrogens (primary N) is 1. The van der Waals surface area contributed by atoms with E-state index in [-0.39, 0.29) is 5.84 Å². The molecule has 0 atom stereocenters. The normalized spacial score (nSPS) is 11.7. The van der Waals surface area contributed by atoms with Crippen LogP contribution < -0.4 is 10.5 Å². The van der Waals surface area contributed by atoms with Crippen LogP contribution in [0.3, 0.4) is 0 Å². The molecular weight excluding hydrogens is 256 g/mol. The van der Waals surface area contributed by atoms with Crippen LogP contribution in [0.4, 0.5) is 0 Å². The number of amidine groups is 1. The van der Waals surface area contributed by atoms with Crippen LogP contribution in [0.25, 0.3) is 0 Å². The molecule has 3 N–H and O–H groups in total. The number of nitrogens with zero attached hydrogens (tertiary/aromatic N) is 3. The summed E-state index contributed by atoms with van der Waals surface area (Å²) in [4.78, 5) is 0. The minimum Gasteiger partial charge on any atom is -0.438 e. The van der Waals surface area contributed by atoms with E-state index in [4.69, 9.17) is 15.7 Å². The fourth-order valence-corrected chi connectivity index (χ4v) is 2.20. The Kier molecular flexibility index (Phi) is 3.65. The lowest BCUT2D eigenvalue weighted by molar-refractivity contribution is 0.318. The average molecular weight is 274 g/mol. The molecule has 6 heteroatoms. The quantitative estimate of drug-likeness (QED) is 0.389. The molecule has 106 valence electrons. The first kappa shape index (κ1) is 13.9. The van der Waals surface area contributed by atoms with Crippen LogP contribution >= 0.6 is 0 Å². The molecule has 0 amide bonds. The van der Waals surface area contributed by atoms with Crippen molar-refractivity contribution in [3.05, 3.63) is 40.6 Å². The summed E-state index contributed by atoms with van der Waals surface area (Å²) < 4.78 is 7.44. The van der Waals surface area contributed by atoms with E-state index in [0.717, 1.165) is 11.1 Å². The fourth-order valence-electron chi connectivity index (χ4n) is 2.20. The summed E-state index contributed by atoms with van der Waals surface area (Å²) in [6.45, 7) is 5.78. The second-order valence-electron chi connectivity index (χ2n) is 4.80. The molecule has 0 aliphatic carbocycles. The second-order valence-corrected chi connectivity index (χ2v) is 4.80. The van der Waals surface area contributed by atoms with Gasteiger partial charge in [0.1, 0.15) is 11.3 Å². The van der Waals surface area contributed by atoms with E-state index in [1.165, 1.54) is 0 Å². The van der Waals surface area contributed by atoms with Crippen molar-refractivity contribution in [2.45, 2.75) is 20.8 Å². The van der Waals surface area contributed by atoms with Crippen LogP contribution in [-0.2, 0) is 7.05 Å². The Balaban J connectivity index is 2.48. The first-order chi connectivity index (χ1) is 9.42. The minimum atomic E-state index is -0.0185. The molecule has 0 saturated heterocycles. The Morgan fingerprint density at radius 2 is 1.85 bits per heavy atom. The molecular formula is C14H18N4O2. The highest BCUT2D eigenvalue weighted by molar-refractivity contribution is 6.00. The van der Waals surface area contributed by atoms with Gasteiger partial charge in [0.25, 0.3) is 0 Å². The van der Waals surface area contributed by atoms with Gasteiger partial charge in [-0.25, -0.2) is 4.68 Å². The summed E-state index contributed by atoms with van der Waals surface area (Å²) in [5.74, 6) is 1.12. The smallest absolute Gasteiger partial charge is 0.229 e. The Hall–Kier alpha value is -2.50. The molecule has 0 radical (unpaired) electrons. The van der Waals surface area contributed by atoms with Gasteiger partial charge in [0, 0.05) is 7.05 Å². The lowest BCUT2D eigenvalue weighted by Gasteiger charge is -2.09. The Morgan fingerprint density at radius 1 is 1.25 bits per heavy atom. The molecule has 20 heavy (non-hydrogen) atoms. The van der Waals surface area contributed by atoms with Crippen molar-refractivity contribution in [3.8, 4) is 11.6 Å². The van der Waals surface area contributed by atoms with Gasteiger partial charge in [0.2, 0.25) is 5.88 Å². The number of ether oxygens (including phenoxy) is 1. The molecule has 1 aromatic heterocycles. The third kappa shape index (κ3) is 2.59. The SMILES string of the molecule is Cc1cc(C)cc(Oc2c(C(N)=NO)c(C)nn2C)c1. The number of benzene rings is 1. The Bertz CT molecular complexity index is 654. The van der Waals surface area contributed by atoms with Crippen molar-refractivity contribution in [2.75, 3.05) is 0 Å². The van der Waals surface area contributed by atoms with E-state index in [0.29, 0.717) is 22.9 Å². The number of oxime groups is 1. The summed E-state index contributed by atoms with van der Waals surface area (Å²) in [6, 6.07) is 5.91. The number of aryl methyl sites for hydroxylation is 4. The van der Waals surface area contributed by atoms with Gasteiger partial charge in [-0.05, 0) is 44.0 Å². The van der Waals surface area contributed by atoms with Gasteiger partial charge in [-0.3, -0.25) is 0 Å². The first-order valence-corrected chi connectivity index (χ1v) is 6.20. The summed E-state index contributed by atoms with van der Waals surface area (Å²) in [5, 5.41) is 16.1. The first-order valence-electron chi connectivity index (χ1n) is 6.20. The molecule has 0 aliphatic heterocycles. The van der Waals surface area contributed by atoms with Crippen LogP contribution in [0, 0.1) is 20.8 Å². The third-order valence-corrected chi connectivity index (χ3v) is 2.94. The van der Waals surface area contributed by atoms with E-state index in [1.54, 1.807) is 18.7 Å². The number of rotatable bonds is 3. The topological polar surface area (TPSA) is 85.7 Å². The van der Waals surface area contributed by atoms with Crippen molar-refractivity contribution in [3.63, 3.8) is 0 Å². The summed E-state index contributed by atoms with van der Waals surface area (Å²) >= 11 is 0. The monoisotopic (exact) mass is 274 g/mol. The molecule has 0 unspecified atom stereocenters. The van der Waals surface area contributed by atoms with Gasteiger partial charge in [-0.1, -0.05) is 11.2 Å². The second kappa shape index (κ2) is 5.24. The van der Waals surface area contributed by atoms with Gasteiger partial charge in [0.15, 0.2) is 5.84 Å². The predicted molar refractivity (Wildman–Crippen MR) is 76.4 cm³/mol. The van der Waals surface area contributed by atoms with Crippen molar-refractivity contribution >= 4 is 5.84 Å². The molecule has 0 saturated carbocycles. The molecule has 1 heterocycles. The van der Waals surface area contributed by atoms with Gasteiger partial charge >= 0.3 is 0 Å². The van der Waals surface area contributed by atoms with Crippen molar-refractivity contribution in [1.82, 2.24) is 9.78 Å². The molecule has 2 rings (SSSR count). The highest BCUT2D eigenvalue weighted by atomic mass is 16.5. The molecule has 2 aromatic rings. The summed E-state index contributed by atoms with van der Waals surface area (Å²) in [7, 11) is 1.75. The van der Waals surface area contributed by atoms with Gasteiger partial charge < -0.3 is 15.7 Å². The van der Waals surface area contributed by atoms with E-state index in [9.17, 15) is 0 Å². The van der Waals surface area contributed by atoms with Crippen LogP contribution in [0.5, 0.6) is 11.6 Å². The Morgan fingerprint density at radius 3 is 2.40 bits per heavy atom. The zero-order valence-corrected chi connectivity index (χ0v) is 12.0. The molecule has 0 bridgehead atoms. The van der Waals surface area contributed by atoms with E-state index < -0.39 is 0 Å². The van der Waals surface area contributed by atoms with Crippen LogP contribution in [-0.4, -0.2) is 20.8 Å². The lowest BCUT2D eigenvalue weighted by atomic mass is 10.1. The summed E-state index contributed by atoms with van der Waals surface area (Å²) in [5.41, 5.74) is 9.03. The Labute approximate surface area is 117 Å². The number of hydrogen-bond donors (Lipinski definition) is 2. The van der Waals surface area contributed by atoms with Crippen LogP contribution in [0.15, 0.2) is 23.4 Å². The average Bonchev–Trinajstić information content (AvgIpc) is 2.62. The van der Waals surface area contributed by atoms with E-state index in [1.807, 2.05) is 26.0 Å².